The summed E-state index contributed by atoms with van der Waals surface area (Å²) >= 11 is 0. The number of fused-ring (bicyclic) bond motifs is 5. The van der Waals surface area contributed by atoms with Gasteiger partial charge in [-0.15, -0.1) is 0 Å². The monoisotopic (exact) mass is 400 g/mol. The maximum atomic E-state index is 12.3. The molecule has 6 nitrogen and oxygen atoms in total. The number of rotatable bonds is 5. The summed E-state index contributed by atoms with van der Waals surface area (Å²) < 4.78 is 4.99. The van der Waals surface area contributed by atoms with Crippen molar-refractivity contribution in [3.05, 3.63) is 59.3 Å². The molecule has 2 aromatic heterocycles. The SMILES string of the molecule is COCCNC(=O)c1ccc(-c2nc3ccc4[nH]ncc4c3c3c2CCCC3)cc1. The van der Waals surface area contributed by atoms with Crippen LogP contribution in [0.3, 0.4) is 0 Å². The average molecular weight is 400 g/mol. The Labute approximate surface area is 174 Å². The standard InChI is InChI=1S/C24H24N4O2/c1-30-13-12-25-24(29)16-8-6-15(7-9-16)23-18-5-3-2-4-17(18)22-19-14-26-28-20(19)10-11-21(22)27-23/h6-11,14H,2-5,12-13H2,1H3,(H,25,29)(H,26,28). The number of ether oxygens (including phenoxy) is 1. The predicted octanol–water partition coefficient (Wildman–Crippen LogP) is 4.03. The van der Waals surface area contributed by atoms with Gasteiger partial charge in [0, 0.05) is 35.6 Å². The number of aromatic amines is 1. The Kier molecular flexibility index (Phi) is 4.93. The van der Waals surface area contributed by atoms with Crippen LogP contribution in [0, 0.1) is 0 Å². The first kappa shape index (κ1) is 18.8. The third kappa shape index (κ3) is 3.23. The Morgan fingerprint density at radius 2 is 1.90 bits per heavy atom. The topological polar surface area (TPSA) is 79.9 Å². The van der Waals surface area contributed by atoms with E-state index in [2.05, 4.69) is 21.6 Å². The number of H-pyrrole nitrogens is 1. The van der Waals surface area contributed by atoms with Crippen LogP contribution in [0.15, 0.2) is 42.6 Å². The van der Waals surface area contributed by atoms with E-state index in [1.807, 2.05) is 36.5 Å². The van der Waals surface area contributed by atoms with Crippen LogP contribution in [-0.4, -0.2) is 41.3 Å². The molecule has 0 saturated heterocycles. The number of carbonyl (C=O) groups excluding carboxylic acids is 1. The lowest BCUT2D eigenvalue weighted by atomic mass is 9.85. The highest BCUT2D eigenvalue weighted by molar-refractivity contribution is 6.07. The van der Waals surface area contributed by atoms with Crippen LogP contribution in [0.5, 0.6) is 0 Å². The Morgan fingerprint density at radius 3 is 2.70 bits per heavy atom. The molecule has 2 N–H and O–H groups in total. The minimum absolute atomic E-state index is 0.0885. The van der Waals surface area contributed by atoms with Crippen LogP contribution in [0.25, 0.3) is 33.1 Å². The summed E-state index contributed by atoms with van der Waals surface area (Å²) in [6.07, 6.45) is 6.37. The van der Waals surface area contributed by atoms with Crippen LogP contribution in [0.1, 0.15) is 34.3 Å². The van der Waals surface area contributed by atoms with Crippen molar-refractivity contribution in [3.8, 4) is 11.3 Å². The first-order chi connectivity index (χ1) is 14.8. The molecule has 0 bridgehead atoms. The molecule has 2 heterocycles. The van der Waals surface area contributed by atoms with Crippen molar-refractivity contribution in [1.82, 2.24) is 20.5 Å². The van der Waals surface area contributed by atoms with Crippen molar-refractivity contribution in [2.45, 2.75) is 25.7 Å². The zero-order valence-electron chi connectivity index (χ0n) is 17.0. The second kappa shape index (κ2) is 7.88. The van der Waals surface area contributed by atoms with E-state index in [1.165, 1.54) is 29.4 Å². The maximum Gasteiger partial charge on any atom is 0.251 e. The van der Waals surface area contributed by atoms with Gasteiger partial charge in [-0.1, -0.05) is 12.1 Å². The van der Waals surface area contributed by atoms with Gasteiger partial charge in [0.15, 0.2) is 0 Å². The molecule has 1 aliphatic carbocycles. The van der Waals surface area contributed by atoms with Gasteiger partial charge in [0.25, 0.3) is 5.91 Å². The number of carbonyl (C=O) groups is 1. The van der Waals surface area contributed by atoms with Gasteiger partial charge in [-0.2, -0.15) is 5.10 Å². The molecule has 0 unspecified atom stereocenters. The van der Waals surface area contributed by atoms with Crippen molar-refractivity contribution in [3.63, 3.8) is 0 Å². The zero-order chi connectivity index (χ0) is 20.5. The molecule has 30 heavy (non-hydrogen) atoms. The molecule has 0 spiro atoms. The van der Waals surface area contributed by atoms with Gasteiger partial charge in [0.05, 0.1) is 29.5 Å². The number of nitrogens with zero attached hydrogens (tertiary/aromatic N) is 2. The molecule has 6 heteroatoms. The van der Waals surface area contributed by atoms with E-state index in [1.54, 1.807) is 7.11 Å². The third-order valence-electron chi connectivity index (χ3n) is 5.90. The van der Waals surface area contributed by atoms with Gasteiger partial charge in [0.1, 0.15) is 0 Å². The lowest BCUT2D eigenvalue weighted by Crippen LogP contribution is -2.26. The summed E-state index contributed by atoms with van der Waals surface area (Å²) in [4.78, 5) is 17.3. The predicted molar refractivity (Wildman–Crippen MR) is 118 cm³/mol. The first-order valence-electron chi connectivity index (χ1n) is 10.4. The normalized spacial score (nSPS) is 13.5. The Hall–Kier alpha value is -3.25. The number of aromatic nitrogens is 3. The van der Waals surface area contributed by atoms with Crippen molar-refractivity contribution < 1.29 is 9.53 Å². The molecular weight excluding hydrogens is 376 g/mol. The summed E-state index contributed by atoms with van der Waals surface area (Å²) in [7, 11) is 1.62. The van der Waals surface area contributed by atoms with E-state index in [9.17, 15) is 4.79 Å². The molecule has 0 radical (unpaired) electrons. The summed E-state index contributed by atoms with van der Waals surface area (Å²) in [5.41, 5.74) is 7.51. The van der Waals surface area contributed by atoms with E-state index in [4.69, 9.17) is 9.72 Å². The summed E-state index contributed by atoms with van der Waals surface area (Å²) in [5.74, 6) is -0.0885. The molecule has 1 amide bonds. The fourth-order valence-corrected chi connectivity index (χ4v) is 4.43. The largest absolute Gasteiger partial charge is 0.383 e. The molecule has 152 valence electrons. The molecule has 5 rings (SSSR count). The third-order valence-corrected chi connectivity index (χ3v) is 5.90. The number of hydrogen-bond acceptors (Lipinski definition) is 4. The zero-order valence-corrected chi connectivity index (χ0v) is 17.0. The maximum absolute atomic E-state index is 12.3. The second-order valence-corrected chi connectivity index (χ2v) is 7.74. The van der Waals surface area contributed by atoms with Crippen LogP contribution >= 0.6 is 0 Å². The van der Waals surface area contributed by atoms with Gasteiger partial charge in [-0.3, -0.25) is 9.89 Å². The lowest BCUT2D eigenvalue weighted by Gasteiger charge is -2.22. The smallest absolute Gasteiger partial charge is 0.251 e. The van der Waals surface area contributed by atoms with E-state index in [0.717, 1.165) is 40.5 Å². The number of hydrogen-bond donors (Lipinski definition) is 2. The Balaban J connectivity index is 1.57. The van der Waals surface area contributed by atoms with Crippen LogP contribution < -0.4 is 5.32 Å². The molecule has 0 fully saturated rings. The van der Waals surface area contributed by atoms with Crippen molar-refractivity contribution in [2.24, 2.45) is 0 Å². The Morgan fingerprint density at radius 1 is 1.10 bits per heavy atom. The van der Waals surface area contributed by atoms with E-state index in [-0.39, 0.29) is 5.91 Å². The molecule has 4 aromatic rings. The average Bonchev–Trinajstić information content (AvgIpc) is 3.27. The fourth-order valence-electron chi connectivity index (χ4n) is 4.43. The van der Waals surface area contributed by atoms with E-state index < -0.39 is 0 Å². The first-order valence-corrected chi connectivity index (χ1v) is 10.4. The summed E-state index contributed by atoms with van der Waals surface area (Å²) in [6, 6.07) is 11.9. The number of nitrogens with one attached hydrogen (secondary N) is 2. The number of aryl methyl sites for hydroxylation is 1. The molecule has 1 aliphatic rings. The lowest BCUT2D eigenvalue weighted by molar-refractivity contribution is 0.0937. The minimum Gasteiger partial charge on any atom is -0.383 e. The number of pyridine rings is 1. The highest BCUT2D eigenvalue weighted by Gasteiger charge is 2.21. The molecule has 0 atom stereocenters. The van der Waals surface area contributed by atoms with E-state index in [0.29, 0.717) is 18.7 Å². The van der Waals surface area contributed by atoms with E-state index >= 15 is 0 Å². The highest BCUT2D eigenvalue weighted by atomic mass is 16.5. The second-order valence-electron chi connectivity index (χ2n) is 7.74. The van der Waals surface area contributed by atoms with Gasteiger partial charge in [0.2, 0.25) is 0 Å². The fraction of sp³-hybridized carbons (Fsp3) is 0.292. The number of benzene rings is 2. The number of methoxy groups -OCH3 is 1. The molecule has 0 aliphatic heterocycles. The van der Waals surface area contributed by atoms with Crippen molar-refractivity contribution in [2.75, 3.05) is 20.3 Å². The van der Waals surface area contributed by atoms with Crippen molar-refractivity contribution in [1.29, 1.82) is 0 Å². The molecular formula is C24H24N4O2. The van der Waals surface area contributed by atoms with Crippen LogP contribution in [0.2, 0.25) is 0 Å². The molecule has 2 aromatic carbocycles. The number of amides is 1. The Bertz CT molecular complexity index is 1230. The van der Waals surface area contributed by atoms with Gasteiger partial charge >= 0.3 is 0 Å². The quantitative estimate of drug-likeness (QED) is 0.496. The van der Waals surface area contributed by atoms with Gasteiger partial charge in [-0.05, 0) is 61.1 Å². The minimum atomic E-state index is -0.0885. The van der Waals surface area contributed by atoms with Gasteiger partial charge in [-0.25, -0.2) is 4.98 Å². The summed E-state index contributed by atoms with van der Waals surface area (Å²) in [6.45, 7) is 1.00. The van der Waals surface area contributed by atoms with Crippen LogP contribution in [-0.2, 0) is 17.6 Å². The molecule has 0 saturated carbocycles. The van der Waals surface area contributed by atoms with Crippen molar-refractivity contribution >= 4 is 27.7 Å². The van der Waals surface area contributed by atoms with Crippen LogP contribution in [0.4, 0.5) is 0 Å². The highest BCUT2D eigenvalue weighted by Crippen LogP contribution is 2.37. The van der Waals surface area contributed by atoms with Gasteiger partial charge < -0.3 is 10.1 Å². The summed E-state index contributed by atoms with van der Waals surface area (Å²) in [5, 5.41) is 12.5.